The highest BCUT2D eigenvalue weighted by Gasteiger charge is 2.39. The number of aromatic nitrogens is 4. The average Bonchev–Trinajstić information content (AvgIpc) is 3.15. The summed E-state index contributed by atoms with van der Waals surface area (Å²) in [6.45, 7) is 0. The van der Waals surface area contributed by atoms with Gasteiger partial charge in [-0.05, 0) is 18.9 Å². The van der Waals surface area contributed by atoms with E-state index in [1.54, 1.807) is 30.9 Å². The second kappa shape index (κ2) is 6.32. The van der Waals surface area contributed by atoms with Crippen LogP contribution >= 0.6 is 0 Å². The Morgan fingerprint density at radius 3 is 2.89 bits per heavy atom. The van der Waals surface area contributed by atoms with Crippen molar-refractivity contribution >= 4 is 21.8 Å². The molecule has 5 rings (SSSR count). The van der Waals surface area contributed by atoms with Gasteiger partial charge in [-0.15, -0.1) is 0 Å². The summed E-state index contributed by atoms with van der Waals surface area (Å²) in [4.78, 5) is 16.7. The Labute approximate surface area is 161 Å². The Hall–Kier alpha value is -2.90. The van der Waals surface area contributed by atoms with Crippen LogP contribution in [-0.2, 0) is 5.54 Å². The van der Waals surface area contributed by atoms with Gasteiger partial charge >= 0.3 is 0 Å². The number of aromatic amines is 1. The van der Waals surface area contributed by atoms with Crippen LogP contribution in [0.4, 0.5) is 4.39 Å². The van der Waals surface area contributed by atoms with Crippen molar-refractivity contribution in [2.45, 2.75) is 37.3 Å². The van der Waals surface area contributed by atoms with Crippen LogP contribution in [0.25, 0.3) is 32.9 Å². The van der Waals surface area contributed by atoms with Gasteiger partial charge in [0, 0.05) is 52.7 Å². The van der Waals surface area contributed by atoms with Crippen LogP contribution in [0.2, 0.25) is 0 Å². The molecule has 3 aromatic heterocycles. The van der Waals surface area contributed by atoms with Gasteiger partial charge in [0.05, 0.1) is 16.6 Å². The van der Waals surface area contributed by atoms with E-state index in [4.69, 9.17) is 16.5 Å². The molecule has 3 heterocycles. The minimum atomic E-state index is -0.737. The Morgan fingerprint density at radius 2 is 2.04 bits per heavy atom. The van der Waals surface area contributed by atoms with E-state index < -0.39 is 5.54 Å². The molecule has 1 aliphatic carbocycles. The number of rotatable bonds is 2. The number of nitrogens with two attached hydrogens (primary N) is 2. The lowest BCUT2D eigenvalue weighted by Gasteiger charge is -2.37. The molecule has 0 spiro atoms. The number of nitrogens with zero attached hydrogens (tertiary/aromatic N) is 3. The van der Waals surface area contributed by atoms with Crippen molar-refractivity contribution < 1.29 is 4.39 Å². The average molecular weight is 376 g/mol. The smallest absolute Gasteiger partial charge is 0.150 e. The first kappa shape index (κ1) is 17.2. The zero-order valence-corrected chi connectivity index (χ0v) is 15.3. The standard InChI is InChI=1S/C21H21FN6/c22-16-5-3-4-13-14(11-26-19(13)16)15-10-25-8-12-9-27-20(28-18(12)15)21(24)7-2-1-6-17(21)23/h3-5,8-11,17,26H,1-2,6-7,23-24H2. The van der Waals surface area contributed by atoms with E-state index in [9.17, 15) is 4.39 Å². The molecule has 1 saturated carbocycles. The Balaban J connectivity index is 1.73. The summed E-state index contributed by atoms with van der Waals surface area (Å²) < 4.78 is 14.1. The van der Waals surface area contributed by atoms with Gasteiger partial charge in [-0.2, -0.15) is 0 Å². The number of halogens is 1. The van der Waals surface area contributed by atoms with Gasteiger partial charge in [0.2, 0.25) is 0 Å². The van der Waals surface area contributed by atoms with Crippen LogP contribution in [0.1, 0.15) is 31.5 Å². The van der Waals surface area contributed by atoms with Crippen LogP contribution in [0.5, 0.6) is 0 Å². The largest absolute Gasteiger partial charge is 0.358 e. The molecule has 2 atom stereocenters. The molecule has 0 amide bonds. The number of pyridine rings is 1. The van der Waals surface area contributed by atoms with Crippen LogP contribution < -0.4 is 11.5 Å². The van der Waals surface area contributed by atoms with E-state index in [0.29, 0.717) is 11.3 Å². The molecule has 1 fully saturated rings. The highest BCUT2D eigenvalue weighted by atomic mass is 19.1. The zero-order valence-electron chi connectivity index (χ0n) is 15.3. The number of H-pyrrole nitrogens is 1. The fourth-order valence-electron chi connectivity index (χ4n) is 4.22. The first-order valence-electron chi connectivity index (χ1n) is 9.49. The lowest BCUT2D eigenvalue weighted by molar-refractivity contribution is 0.244. The predicted molar refractivity (Wildman–Crippen MR) is 107 cm³/mol. The molecule has 0 radical (unpaired) electrons. The summed E-state index contributed by atoms with van der Waals surface area (Å²) in [6, 6.07) is 4.84. The van der Waals surface area contributed by atoms with Gasteiger partial charge in [-0.25, -0.2) is 14.4 Å². The van der Waals surface area contributed by atoms with Crippen molar-refractivity contribution in [2.75, 3.05) is 0 Å². The van der Waals surface area contributed by atoms with Gasteiger partial charge in [0.15, 0.2) is 0 Å². The summed E-state index contributed by atoms with van der Waals surface area (Å²) >= 11 is 0. The number of hydrogen-bond donors (Lipinski definition) is 3. The molecular weight excluding hydrogens is 355 g/mol. The van der Waals surface area contributed by atoms with E-state index in [-0.39, 0.29) is 11.9 Å². The first-order chi connectivity index (χ1) is 13.6. The fraction of sp³-hybridized carbons (Fsp3) is 0.286. The van der Waals surface area contributed by atoms with Crippen molar-refractivity contribution in [1.29, 1.82) is 0 Å². The van der Waals surface area contributed by atoms with Crippen molar-refractivity contribution in [3.63, 3.8) is 0 Å². The molecule has 5 N–H and O–H groups in total. The van der Waals surface area contributed by atoms with E-state index in [1.807, 2.05) is 6.07 Å². The molecule has 7 heteroatoms. The Bertz CT molecular complexity index is 1190. The highest BCUT2D eigenvalue weighted by Crippen LogP contribution is 2.36. The highest BCUT2D eigenvalue weighted by molar-refractivity contribution is 6.03. The molecule has 0 aliphatic heterocycles. The van der Waals surface area contributed by atoms with Gasteiger partial charge < -0.3 is 16.5 Å². The lowest BCUT2D eigenvalue weighted by atomic mass is 9.78. The number of nitrogens with one attached hydrogen (secondary N) is 1. The fourth-order valence-corrected chi connectivity index (χ4v) is 4.22. The molecule has 1 aliphatic rings. The van der Waals surface area contributed by atoms with Crippen molar-refractivity contribution in [2.24, 2.45) is 11.5 Å². The number of benzene rings is 1. The second-order valence-electron chi connectivity index (χ2n) is 7.58. The van der Waals surface area contributed by atoms with Crippen LogP contribution in [0.15, 0.2) is 43.0 Å². The molecular formula is C21H21FN6. The normalized spacial score (nSPS) is 22.8. The molecule has 2 unspecified atom stereocenters. The maximum absolute atomic E-state index is 14.1. The molecule has 1 aromatic carbocycles. The SMILES string of the molecule is NC1CCCCC1(N)c1ncc2cncc(-c3c[nH]c4c(F)cccc34)c2n1. The van der Waals surface area contributed by atoms with Gasteiger partial charge in [0.1, 0.15) is 11.6 Å². The molecule has 0 bridgehead atoms. The molecule has 28 heavy (non-hydrogen) atoms. The van der Waals surface area contributed by atoms with E-state index >= 15 is 0 Å². The Morgan fingerprint density at radius 1 is 1.14 bits per heavy atom. The third-order valence-corrected chi connectivity index (χ3v) is 5.88. The summed E-state index contributed by atoms with van der Waals surface area (Å²) in [6.07, 6.45) is 10.7. The summed E-state index contributed by atoms with van der Waals surface area (Å²) in [5.74, 6) is 0.270. The summed E-state index contributed by atoms with van der Waals surface area (Å²) in [5.41, 5.74) is 15.1. The molecule has 6 nitrogen and oxygen atoms in total. The third-order valence-electron chi connectivity index (χ3n) is 5.88. The van der Waals surface area contributed by atoms with Crippen molar-refractivity contribution in [1.82, 2.24) is 19.9 Å². The van der Waals surface area contributed by atoms with Crippen LogP contribution in [-0.4, -0.2) is 26.0 Å². The molecule has 142 valence electrons. The lowest BCUT2D eigenvalue weighted by Crippen LogP contribution is -2.55. The van der Waals surface area contributed by atoms with E-state index in [2.05, 4.69) is 15.0 Å². The number of hydrogen-bond acceptors (Lipinski definition) is 5. The van der Waals surface area contributed by atoms with E-state index in [1.165, 1.54) is 6.07 Å². The maximum Gasteiger partial charge on any atom is 0.150 e. The Kier molecular flexibility index (Phi) is 3.89. The van der Waals surface area contributed by atoms with Gasteiger partial charge in [0.25, 0.3) is 0 Å². The van der Waals surface area contributed by atoms with Crippen molar-refractivity contribution in [3.8, 4) is 11.1 Å². The number of para-hydroxylation sites is 1. The summed E-state index contributed by atoms with van der Waals surface area (Å²) in [5, 5.41) is 1.59. The van der Waals surface area contributed by atoms with Crippen molar-refractivity contribution in [3.05, 3.63) is 54.6 Å². The van der Waals surface area contributed by atoms with E-state index in [0.717, 1.165) is 53.1 Å². The zero-order chi connectivity index (χ0) is 19.3. The third kappa shape index (κ3) is 2.51. The predicted octanol–water partition coefficient (Wildman–Crippen LogP) is 3.37. The first-order valence-corrected chi connectivity index (χ1v) is 9.49. The minimum absolute atomic E-state index is 0.175. The molecule has 0 saturated heterocycles. The molecule has 4 aromatic rings. The number of fused-ring (bicyclic) bond motifs is 2. The monoisotopic (exact) mass is 376 g/mol. The maximum atomic E-state index is 14.1. The topological polar surface area (TPSA) is 107 Å². The van der Waals surface area contributed by atoms with Gasteiger partial charge in [-0.1, -0.05) is 25.0 Å². The minimum Gasteiger partial charge on any atom is -0.358 e. The summed E-state index contributed by atoms with van der Waals surface area (Å²) in [7, 11) is 0. The quantitative estimate of drug-likeness (QED) is 0.497. The van der Waals surface area contributed by atoms with Crippen LogP contribution in [0, 0.1) is 5.82 Å². The van der Waals surface area contributed by atoms with Gasteiger partial charge in [-0.3, -0.25) is 4.98 Å². The van der Waals surface area contributed by atoms with Crippen LogP contribution in [0.3, 0.4) is 0 Å². The second-order valence-corrected chi connectivity index (χ2v) is 7.58.